The molecule has 98 valence electrons. The van der Waals surface area contributed by atoms with Gasteiger partial charge in [-0.25, -0.2) is 13.2 Å². The van der Waals surface area contributed by atoms with Gasteiger partial charge in [-0.15, -0.1) is 0 Å². The SMILES string of the molecule is Fc1cc(CN2C[C@H]3CNC[C@H]3C2)cc(F)c1F. The largest absolute Gasteiger partial charge is 0.316 e. The third kappa shape index (κ3) is 2.12. The molecule has 18 heavy (non-hydrogen) atoms. The number of halogens is 3. The Morgan fingerprint density at radius 3 is 2.17 bits per heavy atom. The van der Waals surface area contributed by atoms with Crippen LogP contribution in [-0.4, -0.2) is 31.1 Å². The Kier molecular flexibility index (Phi) is 3.03. The summed E-state index contributed by atoms with van der Waals surface area (Å²) in [4.78, 5) is 2.18. The van der Waals surface area contributed by atoms with Crippen LogP contribution in [-0.2, 0) is 6.54 Å². The van der Waals surface area contributed by atoms with Crippen molar-refractivity contribution in [3.8, 4) is 0 Å². The zero-order valence-corrected chi connectivity index (χ0v) is 9.93. The molecule has 1 N–H and O–H groups in total. The molecule has 3 rings (SSSR count). The highest BCUT2D eigenvalue weighted by Gasteiger charge is 2.35. The summed E-state index contributed by atoms with van der Waals surface area (Å²) >= 11 is 0. The van der Waals surface area contributed by atoms with Crippen molar-refractivity contribution in [1.82, 2.24) is 10.2 Å². The van der Waals surface area contributed by atoms with Gasteiger partial charge < -0.3 is 5.32 Å². The number of fused-ring (bicyclic) bond motifs is 1. The normalized spacial score (nSPS) is 27.7. The molecule has 2 aliphatic rings. The van der Waals surface area contributed by atoms with E-state index >= 15 is 0 Å². The number of nitrogens with zero attached hydrogens (tertiary/aromatic N) is 1. The molecule has 0 aliphatic carbocycles. The van der Waals surface area contributed by atoms with Crippen molar-refractivity contribution in [3.63, 3.8) is 0 Å². The lowest BCUT2D eigenvalue weighted by Crippen LogP contribution is -2.25. The predicted molar refractivity (Wildman–Crippen MR) is 61.4 cm³/mol. The minimum Gasteiger partial charge on any atom is -0.316 e. The number of benzene rings is 1. The number of nitrogens with one attached hydrogen (secondary N) is 1. The first kappa shape index (κ1) is 12.0. The summed E-state index contributed by atoms with van der Waals surface area (Å²) in [7, 11) is 0. The summed E-state index contributed by atoms with van der Waals surface area (Å²) in [6.07, 6.45) is 0. The van der Waals surface area contributed by atoms with E-state index in [9.17, 15) is 13.2 Å². The smallest absolute Gasteiger partial charge is 0.194 e. The van der Waals surface area contributed by atoms with Crippen LogP contribution in [0.15, 0.2) is 12.1 Å². The molecule has 0 bridgehead atoms. The Balaban J connectivity index is 1.70. The second-order valence-corrected chi connectivity index (χ2v) is 5.25. The van der Waals surface area contributed by atoms with Gasteiger partial charge in [0.1, 0.15) is 0 Å². The second-order valence-electron chi connectivity index (χ2n) is 5.25. The van der Waals surface area contributed by atoms with E-state index in [2.05, 4.69) is 10.2 Å². The molecule has 2 atom stereocenters. The Labute approximate surface area is 104 Å². The van der Waals surface area contributed by atoms with Gasteiger partial charge in [0.2, 0.25) is 0 Å². The van der Waals surface area contributed by atoms with E-state index in [0.717, 1.165) is 38.3 Å². The first-order valence-electron chi connectivity index (χ1n) is 6.20. The van der Waals surface area contributed by atoms with E-state index < -0.39 is 17.5 Å². The van der Waals surface area contributed by atoms with Crippen LogP contribution in [0.1, 0.15) is 5.56 Å². The van der Waals surface area contributed by atoms with Crippen LogP contribution in [0.5, 0.6) is 0 Å². The van der Waals surface area contributed by atoms with Gasteiger partial charge in [-0.1, -0.05) is 0 Å². The fraction of sp³-hybridized carbons (Fsp3) is 0.538. The number of hydrogen-bond acceptors (Lipinski definition) is 2. The van der Waals surface area contributed by atoms with Crippen LogP contribution in [0, 0.1) is 29.3 Å². The lowest BCUT2D eigenvalue weighted by Gasteiger charge is -2.17. The summed E-state index contributed by atoms with van der Waals surface area (Å²) in [5, 5.41) is 3.34. The standard InChI is InChI=1S/C13H15F3N2/c14-11-1-8(2-12(15)13(11)16)5-18-6-9-3-17-4-10(9)7-18/h1-2,9-10,17H,3-7H2/t9-,10+. The zero-order valence-electron chi connectivity index (χ0n) is 9.93. The van der Waals surface area contributed by atoms with Gasteiger partial charge in [0, 0.05) is 19.6 Å². The number of hydrogen-bond donors (Lipinski definition) is 1. The molecule has 0 radical (unpaired) electrons. The molecule has 2 nitrogen and oxygen atoms in total. The minimum absolute atomic E-state index is 0.487. The molecule has 0 aromatic heterocycles. The molecule has 2 heterocycles. The molecule has 0 amide bonds. The topological polar surface area (TPSA) is 15.3 Å². The number of rotatable bonds is 2. The lowest BCUT2D eigenvalue weighted by molar-refractivity contribution is 0.303. The van der Waals surface area contributed by atoms with E-state index in [4.69, 9.17) is 0 Å². The first-order chi connectivity index (χ1) is 8.63. The third-order valence-electron chi connectivity index (χ3n) is 3.91. The molecular weight excluding hydrogens is 241 g/mol. The van der Waals surface area contributed by atoms with Crippen LogP contribution in [0.25, 0.3) is 0 Å². The van der Waals surface area contributed by atoms with Crippen LogP contribution in [0.2, 0.25) is 0 Å². The van der Waals surface area contributed by atoms with Crippen molar-refractivity contribution in [2.75, 3.05) is 26.2 Å². The van der Waals surface area contributed by atoms with Crippen molar-refractivity contribution in [2.24, 2.45) is 11.8 Å². The van der Waals surface area contributed by atoms with Crippen LogP contribution in [0.3, 0.4) is 0 Å². The molecule has 5 heteroatoms. The van der Waals surface area contributed by atoms with Gasteiger partial charge in [0.05, 0.1) is 0 Å². The van der Waals surface area contributed by atoms with Crippen LogP contribution in [0.4, 0.5) is 13.2 Å². The highest BCUT2D eigenvalue weighted by molar-refractivity contribution is 5.19. The van der Waals surface area contributed by atoms with Crippen molar-refractivity contribution in [2.45, 2.75) is 6.54 Å². The Morgan fingerprint density at radius 2 is 1.61 bits per heavy atom. The third-order valence-corrected chi connectivity index (χ3v) is 3.91. The highest BCUT2D eigenvalue weighted by atomic mass is 19.2. The Morgan fingerprint density at radius 1 is 1.06 bits per heavy atom. The van der Waals surface area contributed by atoms with Crippen molar-refractivity contribution >= 4 is 0 Å². The molecule has 1 aromatic rings. The van der Waals surface area contributed by atoms with Gasteiger partial charge in [-0.2, -0.15) is 0 Å². The molecule has 0 spiro atoms. The quantitative estimate of drug-likeness (QED) is 0.811. The van der Waals surface area contributed by atoms with E-state index in [1.54, 1.807) is 0 Å². The molecule has 2 saturated heterocycles. The highest BCUT2D eigenvalue weighted by Crippen LogP contribution is 2.27. The zero-order chi connectivity index (χ0) is 12.7. The minimum atomic E-state index is -1.39. The molecule has 0 saturated carbocycles. The molecule has 0 unspecified atom stereocenters. The van der Waals surface area contributed by atoms with Crippen molar-refractivity contribution in [1.29, 1.82) is 0 Å². The average molecular weight is 256 g/mol. The molecule has 2 fully saturated rings. The van der Waals surface area contributed by atoms with E-state index in [-0.39, 0.29) is 0 Å². The molecule has 2 aliphatic heterocycles. The maximum Gasteiger partial charge on any atom is 0.194 e. The fourth-order valence-electron chi connectivity index (χ4n) is 3.04. The van der Waals surface area contributed by atoms with Crippen LogP contribution < -0.4 is 5.32 Å². The molecule has 1 aromatic carbocycles. The Bertz CT molecular complexity index is 429. The van der Waals surface area contributed by atoms with Crippen LogP contribution >= 0.6 is 0 Å². The summed E-state index contributed by atoms with van der Waals surface area (Å²) < 4.78 is 39.0. The van der Waals surface area contributed by atoms with Gasteiger partial charge in [-0.3, -0.25) is 4.90 Å². The number of likely N-dealkylation sites (tertiary alicyclic amines) is 1. The Hall–Kier alpha value is -1.07. The van der Waals surface area contributed by atoms with Crippen molar-refractivity contribution in [3.05, 3.63) is 35.1 Å². The maximum atomic E-state index is 13.1. The van der Waals surface area contributed by atoms with Gasteiger partial charge in [0.25, 0.3) is 0 Å². The van der Waals surface area contributed by atoms with Crippen molar-refractivity contribution < 1.29 is 13.2 Å². The van der Waals surface area contributed by atoms with Gasteiger partial charge >= 0.3 is 0 Å². The summed E-state index contributed by atoms with van der Waals surface area (Å²) in [5.74, 6) is -2.32. The maximum absolute atomic E-state index is 13.1. The lowest BCUT2D eigenvalue weighted by atomic mass is 10.0. The van der Waals surface area contributed by atoms with Gasteiger partial charge in [0.15, 0.2) is 17.5 Å². The monoisotopic (exact) mass is 256 g/mol. The predicted octanol–water partition coefficient (Wildman–Crippen LogP) is 1.76. The fourth-order valence-corrected chi connectivity index (χ4v) is 3.04. The van der Waals surface area contributed by atoms with E-state index in [0.29, 0.717) is 23.9 Å². The second kappa shape index (κ2) is 4.55. The molecular formula is C13H15F3N2. The van der Waals surface area contributed by atoms with Gasteiger partial charge in [-0.05, 0) is 42.6 Å². The summed E-state index contributed by atoms with van der Waals surface area (Å²) in [6.45, 7) is 4.41. The summed E-state index contributed by atoms with van der Waals surface area (Å²) in [5.41, 5.74) is 0.499. The van der Waals surface area contributed by atoms with E-state index in [1.807, 2.05) is 0 Å². The van der Waals surface area contributed by atoms with E-state index in [1.165, 1.54) is 0 Å². The average Bonchev–Trinajstić information content (AvgIpc) is 2.86. The first-order valence-corrected chi connectivity index (χ1v) is 6.20. The summed E-state index contributed by atoms with van der Waals surface area (Å²) in [6, 6.07) is 2.18.